The molecule has 2 nitrogen and oxygen atoms in total. The maximum Gasteiger partial charge on any atom is 0.104 e. The van der Waals surface area contributed by atoms with E-state index in [1.54, 1.807) is 0 Å². The number of thiocarbonyl (C=S) groups is 1. The zero-order valence-corrected chi connectivity index (χ0v) is 8.12. The van der Waals surface area contributed by atoms with Crippen LogP contribution in [0.5, 0.6) is 0 Å². The molecule has 0 aromatic rings. The minimum atomic E-state index is -0.0677. The lowest BCUT2D eigenvalue weighted by atomic mass is 10.3. The molecule has 0 saturated heterocycles. The second-order valence-electron chi connectivity index (χ2n) is 2.62. The average molecular weight is 175 g/mol. The maximum atomic E-state index is 5.36. The van der Waals surface area contributed by atoms with Crippen LogP contribution in [-0.2, 0) is 4.74 Å². The molecule has 0 heterocycles. The molecule has 0 bridgehead atoms. The number of hydrogen-bond donors (Lipinski definition) is 1. The van der Waals surface area contributed by atoms with E-state index in [9.17, 15) is 0 Å². The van der Waals surface area contributed by atoms with Crippen molar-refractivity contribution in [2.45, 2.75) is 39.2 Å². The van der Waals surface area contributed by atoms with Gasteiger partial charge in [-0.2, -0.15) is 0 Å². The van der Waals surface area contributed by atoms with Gasteiger partial charge in [0, 0.05) is 6.61 Å². The Morgan fingerprint density at radius 1 is 1.55 bits per heavy atom. The Labute approximate surface area is 74.1 Å². The van der Waals surface area contributed by atoms with Crippen molar-refractivity contribution in [3.05, 3.63) is 0 Å². The van der Waals surface area contributed by atoms with Crippen LogP contribution in [0.3, 0.4) is 0 Å². The van der Waals surface area contributed by atoms with Crippen LogP contribution in [0.15, 0.2) is 0 Å². The fourth-order valence-electron chi connectivity index (χ4n) is 0.694. The molecular formula is C8H17NOS. The van der Waals surface area contributed by atoms with Crippen molar-refractivity contribution >= 4 is 17.2 Å². The van der Waals surface area contributed by atoms with Crippen LogP contribution in [0, 0.1) is 0 Å². The van der Waals surface area contributed by atoms with Crippen molar-refractivity contribution in [1.82, 2.24) is 0 Å². The SMILES string of the molecule is CCCCCOC(C)C(N)=S. The van der Waals surface area contributed by atoms with E-state index in [0.717, 1.165) is 13.0 Å². The molecule has 0 aliphatic heterocycles. The van der Waals surface area contributed by atoms with Gasteiger partial charge in [0.2, 0.25) is 0 Å². The van der Waals surface area contributed by atoms with Gasteiger partial charge < -0.3 is 10.5 Å². The largest absolute Gasteiger partial charge is 0.391 e. The first-order valence-corrected chi connectivity index (χ1v) is 4.50. The Kier molecular flexibility index (Phi) is 6.46. The summed E-state index contributed by atoms with van der Waals surface area (Å²) in [5.41, 5.74) is 5.36. The topological polar surface area (TPSA) is 35.2 Å². The van der Waals surface area contributed by atoms with Crippen LogP contribution in [-0.4, -0.2) is 17.7 Å². The third-order valence-electron chi connectivity index (χ3n) is 1.52. The summed E-state index contributed by atoms with van der Waals surface area (Å²) >= 11 is 4.75. The highest BCUT2D eigenvalue weighted by Crippen LogP contribution is 1.97. The Balaban J connectivity index is 3.17. The third-order valence-corrected chi connectivity index (χ3v) is 1.85. The second kappa shape index (κ2) is 6.55. The van der Waals surface area contributed by atoms with Crippen molar-refractivity contribution in [3.8, 4) is 0 Å². The first kappa shape index (κ1) is 10.8. The highest BCUT2D eigenvalue weighted by molar-refractivity contribution is 7.80. The Morgan fingerprint density at radius 2 is 2.18 bits per heavy atom. The quantitative estimate of drug-likeness (QED) is 0.494. The summed E-state index contributed by atoms with van der Waals surface area (Å²) in [6.07, 6.45) is 3.46. The molecule has 66 valence electrons. The van der Waals surface area contributed by atoms with Gasteiger partial charge in [0.1, 0.15) is 11.1 Å². The molecule has 0 saturated carbocycles. The molecule has 0 fully saturated rings. The summed E-state index contributed by atoms with van der Waals surface area (Å²) in [5, 5.41) is 0. The van der Waals surface area contributed by atoms with E-state index in [0.29, 0.717) is 4.99 Å². The van der Waals surface area contributed by atoms with Crippen molar-refractivity contribution < 1.29 is 4.74 Å². The summed E-state index contributed by atoms with van der Waals surface area (Å²) in [6.45, 7) is 4.82. The van der Waals surface area contributed by atoms with Crippen molar-refractivity contribution in [3.63, 3.8) is 0 Å². The minimum Gasteiger partial charge on any atom is -0.391 e. The molecule has 1 atom stereocenters. The highest BCUT2D eigenvalue weighted by atomic mass is 32.1. The zero-order chi connectivity index (χ0) is 8.69. The molecule has 1 unspecified atom stereocenters. The van der Waals surface area contributed by atoms with Gasteiger partial charge in [0.25, 0.3) is 0 Å². The standard InChI is InChI=1S/C8H17NOS/c1-3-4-5-6-10-7(2)8(9)11/h7H,3-6H2,1-2H3,(H2,9,11). The van der Waals surface area contributed by atoms with Gasteiger partial charge >= 0.3 is 0 Å². The number of hydrogen-bond acceptors (Lipinski definition) is 2. The molecule has 0 aromatic heterocycles. The van der Waals surface area contributed by atoms with Crippen LogP contribution in [0.1, 0.15) is 33.1 Å². The predicted molar refractivity (Wildman–Crippen MR) is 51.7 cm³/mol. The molecule has 0 spiro atoms. The Bertz CT molecular complexity index is 117. The highest BCUT2D eigenvalue weighted by Gasteiger charge is 2.02. The zero-order valence-electron chi connectivity index (χ0n) is 7.30. The summed E-state index contributed by atoms with van der Waals surface area (Å²) in [7, 11) is 0. The van der Waals surface area contributed by atoms with Crippen LogP contribution >= 0.6 is 12.2 Å². The lowest BCUT2D eigenvalue weighted by molar-refractivity contribution is 0.107. The first-order chi connectivity index (χ1) is 5.18. The molecule has 0 radical (unpaired) electrons. The van der Waals surface area contributed by atoms with Gasteiger partial charge in [0.15, 0.2) is 0 Å². The molecule has 2 N–H and O–H groups in total. The molecule has 0 aliphatic rings. The molecule has 0 aromatic carbocycles. The lowest BCUT2D eigenvalue weighted by Gasteiger charge is -2.10. The van der Waals surface area contributed by atoms with Gasteiger partial charge in [-0.3, -0.25) is 0 Å². The van der Waals surface area contributed by atoms with Crippen molar-refractivity contribution in [2.24, 2.45) is 5.73 Å². The van der Waals surface area contributed by atoms with Gasteiger partial charge in [-0.05, 0) is 13.3 Å². The normalized spacial score (nSPS) is 12.9. The summed E-state index contributed by atoms with van der Waals surface area (Å²) in [6, 6.07) is 0. The van der Waals surface area contributed by atoms with Crippen LogP contribution in [0.25, 0.3) is 0 Å². The van der Waals surface area contributed by atoms with Crippen LogP contribution < -0.4 is 5.73 Å². The van der Waals surface area contributed by atoms with E-state index < -0.39 is 0 Å². The summed E-state index contributed by atoms with van der Waals surface area (Å²) in [5.74, 6) is 0. The van der Waals surface area contributed by atoms with Gasteiger partial charge in [-0.15, -0.1) is 0 Å². The summed E-state index contributed by atoms with van der Waals surface area (Å²) in [4.78, 5) is 0.446. The molecule has 3 heteroatoms. The van der Waals surface area contributed by atoms with E-state index in [1.807, 2.05) is 6.92 Å². The van der Waals surface area contributed by atoms with E-state index in [2.05, 4.69) is 6.92 Å². The number of rotatable bonds is 6. The number of nitrogens with two attached hydrogens (primary N) is 1. The molecular weight excluding hydrogens is 158 g/mol. The second-order valence-corrected chi connectivity index (χ2v) is 3.09. The molecule has 0 aliphatic carbocycles. The lowest BCUT2D eigenvalue weighted by Crippen LogP contribution is -2.26. The number of ether oxygens (including phenoxy) is 1. The molecule has 0 rings (SSSR count). The monoisotopic (exact) mass is 175 g/mol. The van der Waals surface area contributed by atoms with E-state index in [-0.39, 0.29) is 6.10 Å². The van der Waals surface area contributed by atoms with Gasteiger partial charge in [-0.25, -0.2) is 0 Å². The number of unbranched alkanes of at least 4 members (excludes halogenated alkanes) is 2. The predicted octanol–water partition coefficient (Wildman–Crippen LogP) is 1.87. The van der Waals surface area contributed by atoms with E-state index in [1.165, 1.54) is 12.8 Å². The van der Waals surface area contributed by atoms with Crippen LogP contribution in [0.4, 0.5) is 0 Å². The molecule has 11 heavy (non-hydrogen) atoms. The molecule has 0 amide bonds. The fraction of sp³-hybridized carbons (Fsp3) is 0.875. The fourth-order valence-corrected chi connectivity index (χ4v) is 0.762. The third kappa shape index (κ3) is 6.26. The average Bonchev–Trinajstić information content (AvgIpc) is 1.97. The van der Waals surface area contributed by atoms with E-state index >= 15 is 0 Å². The minimum absolute atomic E-state index is 0.0677. The Hall–Kier alpha value is -0.150. The first-order valence-electron chi connectivity index (χ1n) is 4.09. The van der Waals surface area contributed by atoms with Crippen LogP contribution in [0.2, 0.25) is 0 Å². The van der Waals surface area contributed by atoms with Gasteiger partial charge in [0.05, 0.1) is 0 Å². The maximum absolute atomic E-state index is 5.36. The van der Waals surface area contributed by atoms with Crippen molar-refractivity contribution in [1.29, 1.82) is 0 Å². The summed E-state index contributed by atoms with van der Waals surface area (Å²) < 4.78 is 5.34. The van der Waals surface area contributed by atoms with Gasteiger partial charge in [-0.1, -0.05) is 32.0 Å². The smallest absolute Gasteiger partial charge is 0.104 e. The van der Waals surface area contributed by atoms with E-state index in [4.69, 9.17) is 22.7 Å². The van der Waals surface area contributed by atoms with Crippen molar-refractivity contribution in [2.75, 3.05) is 6.61 Å². The Morgan fingerprint density at radius 3 is 2.64 bits per heavy atom.